The van der Waals surface area contributed by atoms with Crippen LogP contribution in [-0.4, -0.2) is 28.9 Å². The third-order valence-corrected chi connectivity index (χ3v) is 2.74. The van der Waals surface area contributed by atoms with Gasteiger partial charge in [0.05, 0.1) is 10.6 Å². The lowest BCUT2D eigenvalue weighted by atomic mass is 10.1. The van der Waals surface area contributed by atoms with Gasteiger partial charge in [0.15, 0.2) is 0 Å². The van der Waals surface area contributed by atoms with Gasteiger partial charge in [-0.2, -0.15) is 0 Å². The van der Waals surface area contributed by atoms with Gasteiger partial charge in [0, 0.05) is 6.42 Å². The van der Waals surface area contributed by atoms with Gasteiger partial charge in [0.2, 0.25) is 5.91 Å². The summed E-state index contributed by atoms with van der Waals surface area (Å²) in [6, 6.07) is 5.27. The fraction of sp³-hybridized carbons (Fsp3) is 0.250. The topological polar surface area (TPSA) is 109 Å². The van der Waals surface area contributed by atoms with Crippen LogP contribution in [0.5, 0.6) is 0 Å². The molecule has 7 heteroatoms. The lowest BCUT2D eigenvalue weighted by Gasteiger charge is -2.14. The lowest BCUT2D eigenvalue weighted by Crippen LogP contribution is -2.44. The maximum Gasteiger partial charge on any atom is 0.303 e. The molecule has 0 bridgehead atoms. The highest BCUT2D eigenvalue weighted by Crippen LogP contribution is 2.15. The standard InChI is InChI=1S/C12H13ClN2O4/c13-8-4-2-1-3-7(8)12(19)15-9(11(14)18)5-6-10(16)17/h1-4,9H,5-6H2,(H2,14,18)(H,15,19)(H,16,17)/t9-/m1/s1. The van der Waals surface area contributed by atoms with Crippen LogP contribution < -0.4 is 11.1 Å². The number of benzene rings is 1. The molecule has 1 atom stereocenters. The molecule has 0 unspecified atom stereocenters. The summed E-state index contributed by atoms with van der Waals surface area (Å²) in [5.41, 5.74) is 5.31. The molecule has 0 saturated heterocycles. The molecule has 1 aromatic rings. The first-order valence-corrected chi connectivity index (χ1v) is 5.86. The molecule has 0 fully saturated rings. The van der Waals surface area contributed by atoms with Crippen molar-refractivity contribution in [1.29, 1.82) is 0 Å². The number of primary amides is 1. The molecular formula is C12H13ClN2O4. The Morgan fingerprint density at radius 3 is 2.47 bits per heavy atom. The third-order valence-electron chi connectivity index (χ3n) is 2.41. The van der Waals surface area contributed by atoms with E-state index in [9.17, 15) is 14.4 Å². The van der Waals surface area contributed by atoms with Gasteiger partial charge < -0.3 is 16.2 Å². The Morgan fingerprint density at radius 2 is 1.95 bits per heavy atom. The van der Waals surface area contributed by atoms with Crippen LogP contribution in [-0.2, 0) is 9.59 Å². The van der Waals surface area contributed by atoms with E-state index in [1.165, 1.54) is 12.1 Å². The predicted molar refractivity (Wildman–Crippen MR) is 68.8 cm³/mol. The average Bonchev–Trinajstić information content (AvgIpc) is 2.34. The molecule has 102 valence electrons. The Balaban J connectivity index is 2.74. The predicted octanol–water partition coefficient (Wildman–Crippen LogP) is 0.788. The number of aliphatic carboxylic acids is 1. The van der Waals surface area contributed by atoms with Gasteiger partial charge in [0.25, 0.3) is 5.91 Å². The minimum absolute atomic E-state index is 0.0686. The maximum atomic E-state index is 11.9. The number of hydrogen-bond donors (Lipinski definition) is 3. The van der Waals surface area contributed by atoms with Crippen molar-refractivity contribution >= 4 is 29.4 Å². The summed E-state index contributed by atoms with van der Waals surface area (Å²) >= 11 is 5.84. The Morgan fingerprint density at radius 1 is 1.32 bits per heavy atom. The number of hydrogen-bond acceptors (Lipinski definition) is 3. The van der Waals surface area contributed by atoms with E-state index in [1.54, 1.807) is 12.1 Å². The largest absolute Gasteiger partial charge is 0.481 e. The third kappa shape index (κ3) is 4.59. The monoisotopic (exact) mass is 284 g/mol. The number of rotatable bonds is 6. The van der Waals surface area contributed by atoms with E-state index in [4.69, 9.17) is 22.4 Å². The van der Waals surface area contributed by atoms with Crippen molar-refractivity contribution in [3.8, 4) is 0 Å². The second-order valence-corrected chi connectivity index (χ2v) is 4.25. The van der Waals surface area contributed by atoms with Crippen molar-refractivity contribution in [1.82, 2.24) is 5.32 Å². The van der Waals surface area contributed by atoms with Gasteiger partial charge in [-0.05, 0) is 18.6 Å². The van der Waals surface area contributed by atoms with Crippen LogP contribution in [0.2, 0.25) is 5.02 Å². The van der Waals surface area contributed by atoms with Crippen LogP contribution in [0.15, 0.2) is 24.3 Å². The highest BCUT2D eigenvalue weighted by molar-refractivity contribution is 6.33. The van der Waals surface area contributed by atoms with Gasteiger partial charge in [-0.1, -0.05) is 23.7 Å². The molecule has 0 spiro atoms. The van der Waals surface area contributed by atoms with E-state index in [2.05, 4.69) is 5.32 Å². The molecule has 19 heavy (non-hydrogen) atoms. The molecule has 0 aliphatic rings. The first-order valence-electron chi connectivity index (χ1n) is 5.48. The molecule has 0 aliphatic heterocycles. The molecule has 4 N–H and O–H groups in total. The Bertz CT molecular complexity index is 504. The summed E-state index contributed by atoms with van der Waals surface area (Å²) in [6.07, 6.45) is -0.336. The van der Waals surface area contributed by atoms with Crippen LogP contribution >= 0.6 is 11.6 Å². The zero-order valence-electron chi connectivity index (χ0n) is 9.93. The Labute approximate surface area is 114 Å². The van der Waals surface area contributed by atoms with Crippen molar-refractivity contribution in [3.63, 3.8) is 0 Å². The van der Waals surface area contributed by atoms with E-state index >= 15 is 0 Å². The first kappa shape index (κ1) is 15.0. The van der Waals surface area contributed by atoms with Crippen LogP contribution in [0.4, 0.5) is 0 Å². The Kier molecular flexibility index (Phi) is 5.32. The van der Waals surface area contributed by atoms with Crippen molar-refractivity contribution in [2.75, 3.05) is 0 Å². The average molecular weight is 285 g/mol. The summed E-state index contributed by atoms with van der Waals surface area (Å²) in [5, 5.41) is 11.2. The van der Waals surface area contributed by atoms with Gasteiger partial charge in [-0.25, -0.2) is 0 Å². The second kappa shape index (κ2) is 6.75. The number of nitrogens with two attached hydrogens (primary N) is 1. The van der Waals surface area contributed by atoms with E-state index in [-0.39, 0.29) is 23.4 Å². The molecule has 6 nitrogen and oxygen atoms in total. The van der Waals surface area contributed by atoms with E-state index < -0.39 is 23.8 Å². The fourth-order valence-electron chi connectivity index (χ4n) is 1.43. The minimum atomic E-state index is -1.07. The van der Waals surface area contributed by atoms with Crippen molar-refractivity contribution < 1.29 is 19.5 Å². The zero-order valence-corrected chi connectivity index (χ0v) is 10.7. The van der Waals surface area contributed by atoms with Crippen LogP contribution in [0.1, 0.15) is 23.2 Å². The van der Waals surface area contributed by atoms with Crippen LogP contribution in [0, 0.1) is 0 Å². The number of halogens is 1. The maximum absolute atomic E-state index is 11.9. The highest BCUT2D eigenvalue weighted by Gasteiger charge is 2.20. The smallest absolute Gasteiger partial charge is 0.303 e. The van der Waals surface area contributed by atoms with E-state index in [0.717, 1.165) is 0 Å². The number of carbonyl (C=O) groups excluding carboxylic acids is 2. The van der Waals surface area contributed by atoms with Crippen LogP contribution in [0.3, 0.4) is 0 Å². The van der Waals surface area contributed by atoms with E-state index in [1.807, 2.05) is 0 Å². The fourth-order valence-corrected chi connectivity index (χ4v) is 1.66. The van der Waals surface area contributed by atoms with Gasteiger partial charge in [-0.15, -0.1) is 0 Å². The minimum Gasteiger partial charge on any atom is -0.481 e. The quantitative estimate of drug-likeness (QED) is 0.717. The normalized spacial score (nSPS) is 11.6. The number of nitrogens with one attached hydrogen (secondary N) is 1. The van der Waals surface area contributed by atoms with Crippen LogP contribution in [0.25, 0.3) is 0 Å². The van der Waals surface area contributed by atoms with Crippen molar-refractivity contribution in [3.05, 3.63) is 34.9 Å². The Hall–Kier alpha value is -2.08. The van der Waals surface area contributed by atoms with Gasteiger partial charge in [0.1, 0.15) is 6.04 Å². The molecule has 1 rings (SSSR count). The number of carboxylic acid groups (broad SMARTS) is 1. The molecule has 0 aromatic heterocycles. The molecule has 2 amide bonds. The van der Waals surface area contributed by atoms with Crippen molar-refractivity contribution in [2.45, 2.75) is 18.9 Å². The zero-order chi connectivity index (χ0) is 14.4. The molecular weight excluding hydrogens is 272 g/mol. The molecule has 0 radical (unpaired) electrons. The summed E-state index contributed by atoms with van der Waals surface area (Å²) in [5.74, 6) is -2.43. The number of amides is 2. The summed E-state index contributed by atoms with van der Waals surface area (Å²) in [7, 11) is 0. The second-order valence-electron chi connectivity index (χ2n) is 3.84. The molecule has 0 heterocycles. The first-order chi connectivity index (χ1) is 8.91. The molecule has 0 saturated carbocycles. The highest BCUT2D eigenvalue weighted by atomic mass is 35.5. The van der Waals surface area contributed by atoms with Crippen molar-refractivity contribution in [2.24, 2.45) is 5.73 Å². The lowest BCUT2D eigenvalue weighted by molar-refractivity contribution is -0.137. The summed E-state index contributed by atoms with van der Waals surface area (Å²) < 4.78 is 0. The summed E-state index contributed by atoms with van der Waals surface area (Å²) in [6.45, 7) is 0. The van der Waals surface area contributed by atoms with Gasteiger partial charge in [-0.3, -0.25) is 14.4 Å². The summed E-state index contributed by atoms with van der Waals surface area (Å²) in [4.78, 5) is 33.5. The molecule has 1 aromatic carbocycles. The molecule has 0 aliphatic carbocycles. The number of carbonyl (C=O) groups is 3. The van der Waals surface area contributed by atoms with E-state index in [0.29, 0.717) is 0 Å². The van der Waals surface area contributed by atoms with Gasteiger partial charge >= 0.3 is 5.97 Å². The number of carboxylic acids is 1. The SMILES string of the molecule is NC(=O)[C@@H](CCC(=O)O)NC(=O)c1ccccc1Cl.